The fourth-order valence-corrected chi connectivity index (χ4v) is 3.51. The summed E-state index contributed by atoms with van der Waals surface area (Å²) in [6.07, 6.45) is 1.40. The van der Waals surface area contributed by atoms with E-state index in [2.05, 4.69) is 10.3 Å². The van der Waals surface area contributed by atoms with Crippen molar-refractivity contribution in [1.82, 2.24) is 9.29 Å². The van der Waals surface area contributed by atoms with Crippen molar-refractivity contribution in [3.8, 4) is 0 Å². The lowest BCUT2D eigenvalue weighted by Crippen LogP contribution is -2.39. The molecule has 0 bridgehead atoms. The van der Waals surface area contributed by atoms with Crippen LogP contribution in [0.4, 0.5) is 5.82 Å². The molecule has 0 fully saturated rings. The van der Waals surface area contributed by atoms with Crippen molar-refractivity contribution >= 4 is 15.8 Å². The van der Waals surface area contributed by atoms with Crippen molar-refractivity contribution in [1.29, 1.82) is 0 Å². The number of rotatable bonds is 6. The van der Waals surface area contributed by atoms with E-state index in [0.717, 1.165) is 0 Å². The van der Waals surface area contributed by atoms with Crippen molar-refractivity contribution < 1.29 is 8.42 Å². The van der Waals surface area contributed by atoms with Crippen LogP contribution in [0.1, 0.15) is 27.7 Å². The second kappa shape index (κ2) is 6.34. The Morgan fingerprint density at radius 2 is 1.89 bits per heavy atom. The molecule has 0 aliphatic rings. The Kier molecular flexibility index (Phi) is 5.31. The van der Waals surface area contributed by atoms with Crippen molar-refractivity contribution in [2.24, 2.45) is 5.92 Å². The zero-order valence-corrected chi connectivity index (χ0v) is 13.0. The van der Waals surface area contributed by atoms with E-state index in [1.807, 2.05) is 27.7 Å². The summed E-state index contributed by atoms with van der Waals surface area (Å²) in [5, 5.41) is 2.87. The molecule has 0 spiro atoms. The Labute approximate surface area is 116 Å². The van der Waals surface area contributed by atoms with E-state index >= 15 is 0 Å². The highest BCUT2D eigenvalue weighted by atomic mass is 32.2. The van der Waals surface area contributed by atoms with Crippen LogP contribution in [0.25, 0.3) is 0 Å². The minimum absolute atomic E-state index is 0.0728. The van der Waals surface area contributed by atoms with Crippen LogP contribution in [-0.4, -0.2) is 37.3 Å². The number of anilines is 1. The van der Waals surface area contributed by atoms with Gasteiger partial charge in [0.2, 0.25) is 10.0 Å². The lowest BCUT2D eigenvalue weighted by atomic mass is 10.2. The molecule has 1 heterocycles. The Morgan fingerprint density at radius 3 is 2.26 bits per heavy atom. The molecule has 1 aromatic heterocycles. The zero-order chi connectivity index (χ0) is 14.6. The SMILES string of the molecule is CNc1ccc(S(=O)(=O)N(CC(C)C)C(C)C)cn1. The minimum atomic E-state index is -3.48. The van der Waals surface area contributed by atoms with Gasteiger partial charge in [-0.15, -0.1) is 0 Å². The summed E-state index contributed by atoms with van der Waals surface area (Å²) in [5.74, 6) is 0.931. The molecule has 0 aromatic carbocycles. The standard InChI is InChI=1S/C13H23N3O2S/c1-10(2)9-16(11(3)4)19(17,18)12-6-7-13(14-5)15-8-12/h6-8,10-11H,9H2,1-5H3,(H,14,15). The lowest BCUT2D eigenvalue weighted by molar-refractivity contribution is 0.319. The minimum Gasteiger partial charge on any atom is -0.373 e. The third-order valence-electron chi connectivity index (χ3n) is 2.72. The second-order valence-electron chi connectivity index (χ2n) is 5.19. The van der Waals surface area contributed by atoms with E-state index in [0.29, 0.717) is 12.4 Å². The summed E-state index contributed by atoms with van der Waals surface area (Å²) in [4.78, 5) is 4.30. The maximum Gasteiger partial charge on any atom is 0.244 e. The molecule has 0 aliphatic heterocycles. The summed E-state index contributed by atoms with van der Waals surface area (Å²) in [6.45, 7) is 8.29. The monoisotopic (exact) mass is 285 g/mol. The maximum absolute atomic E-state index is 12.6. The van der Waals surface area contributed by atoms with Crippen LogP contribution in [0, 0.1) is 5.92 Å². The quantitative estimate of drug-likeness (QED) is 0.870. The fourth-order valence-electron chi connectivity index (χ4n) is 1.76. The van der Waals surface area contributed by atoms with Crippen LogP contribution >= 0.6 is 0 Å². The van der Waals surface area contributed by atoms with Crippen LogP contribution in [0.2, 0.25) is 0 Å². The fraction of sp³-hybridized carbons (Fsp3) is 0.615. The van der Waals surface area contributed by atoms with Gasteiger partial charge in [-0.1, -0.05) is 13.8 Å². The molecule has 1 aromatic rings. The zero-order valence-electron chi connectivity index (χ0n) is 12.2. The molecular weight excluding hydrogens is 262 g/mol. The first-order chi connectivity index (χ1) is 8.78. The molecule has 6 heteroatoms. The Hall–Kier alpha value is -1.14. The van der Waals surface area contributed by atoms with Gasteiger partial charge in [-0.05, 0) is 31.9 Å². The van der Waals surface area contributed by atoms with E-state index in [-0.39, 0.29) is 16.9 Å². The van der Waals surface area contributed by atoms with Gasteiger partial charge in [0.05, 0.1) is 0 Å². The molecule has 0 saturated carbocycles. The topological polar surface area (TPSA) is 62.3 Å². The first-order valence-corrected chi connectivity index (χ1v) is 7.88. The molecule has 0 unspecified atom stereocenters. The van der Waals surface area contributed by atoms with E-state index in [1.54, 1.807) is 19.2 Å². The number of hydrogen-bond acceptors (Lipinski definition) is 4. The van der Waals surface area contributed by atoms with Crippen LogP contribution in [0.15, 0.2) is 23.2 Å². The summed E-state index contributed by atoms with van der Waals surface area (Å²) in [6, 6.07) is 3.18. The second-order valence-corrected chi connectivity index (χ2v) is 7.08. The average Bonchev–Trinajstić information content (AvgIpc) is 2.35. The van der Waals surface area contributed by atoms with E-state index in [1.165, 1.54) is 10.5 Å². The predicted octanol–water partition coefficient (Wildman–Crippen LogP) is 2.18. The molecule has 1 rings (SSSR count). The number of nitrogens with one attached hydrogen (secondary N) is 1. The highest BCUT2D eigenvalue weighted by Crippen LogP contribution is 2.20. The smallest absolute Gasteiger partial charge is 0.244 e. The van der Waals surface area contributed by atoms with Crippen LogP contribution < -0.4 is 5.32 Å². The van der Waals surface area contributed by atoms with Crippen molar-refractivity contribution in [3.63, 3.8) is 0 Å². The molecule has 0 aliphatic carbocycles. The highest BCUT2D eigenvalue weighted by molar-refractivity contribution is 7.89. The molecule has 0 saturated heterocycles. The molecule has 5 nitrogen and oxygen atoms in total. The number of sulfonamides is 1. The maximum atomic E-state index is 12.6. The van der Waals surface area contributed by atoms with Crippen LogP contribution in [0.5, 0.6) is 0 Å². The van der Waals surface area contributed by atoms with E-state index in [4.69, 9.17) is 0 Å². The van der Waals surface area contributed by atoms with Gasteiger partial charge in [0.25, 0.3) is 0 Å². The third kappa shape index (κ3) is 3.91. The molecule has 108 valence electrons. The van der Waals surface area contributed by atoms with Gasteiger partial charge in [0, 0.05) is 25.8 Å². The Balaban J connectivity index is 3.11. The molecule has 0 amide bonds. The van der Waals surface area contributed by atoms with Gasteiger partial charge >= 0.3 is 0 Å². The number of hydrogen-bond donors (Lipinski definition) is 1. The van der Waals surface area contributed by atoms with Gasteiger partial charge in [-0.3, -0.25) is 0 Å². The van der Waals surface area contributed by atoms with Crippen molar-refractivity contribution in [2.75, 3.05) is 18.9 Å². The Bertz CT molecular complexity index is 495. The first-order valence-electron chi connectivity index (χ1n) is 6.44. The number of aromatic nitrogens is 1. The lowest BCUT2D eigenvalue weighted by Gasteiger charge is -2.27. The summed E-state index contributed by atoms with van der Waals surface area (Å²) < 4.78 is 26.7. The first kappa shape index (κ1) is 15.9. The summed E-state index contributed by atoms with van der Waals surface area (Å²) in [5.41, 5.74) is 0. The van der Waals surface area contributed by atoms with Gasteiger partial charge < -0.3 is 5.32 Å². The number of nitrogens with zero attached hydrogens (tertiary/aromatic N) is 2. The van der Waals surface area contributed by atoms with Crippen molar-refractivity contribution in [2.45, 2.75) is 38.6 Å². The van der Waals surface area contributed by atoms with Crippen molar-refractivity contribution in [3.05, 3.63) is 18.3 Å². The molecule has 19 heavy (non-hydrogen) atoms. The third-order valence-corrected chi connectivity index (χ3v) is 4.75. The van der Waals surface area contributed by atoms with E-state index < -0.39 is 10.0 Å². The highest BCUT2D eigenvalue weighted by Gasteiger charge is 2.27. The van der Waals surface area contributed by atoms with Gasteiger partial charge in [-0.2, -0.15) is 4.31 Å². The normalized spacial score (nSPS) is 12.4. The van der Waals surface area contributed by atoms with Gasteiger partial charge in [-0.25, -0.2) is 13.4 Å². The average molecular weight is 285 g/mol. The van der Waals surface area contributed by atoms with Crippen LogP contribution in [-0.2, 0) is 10.0 Å². The molecule has 0 radical (unpaired) electrons. The summed E-state index contributed by atoms with van der Waals surface area (Å²) >= 11 is 0. The molecular formula is C13H23N3O2S. The summed E-state index contributed by atoms with van der Waals surface area (Å²) in [7, 11) is -1.73. The number of pyridine rings is 1. The van der Waals surface area contributed by atoms with Crippen LogP contribution in [0.3, 0.4) is 0 Å². The van der Waals surface area contributed by atoms with Gasteiger partial charge in [0.15, 0.2) is 0 Å². The predicted molar refractivity (Wildman–Crippen MR) is 77.6 cm³/mol. The molecule has 0 atom stereocenters. The Morgan fingerprint density at radius 1 is 1.26 bits per heavy atom. The largest absolute Gasteiger partial charge is 0.373 e. The van der Waals surface area contributed by atoms with Gasteiger partial charge in [0.1, 0.15) is 10.7 Å². The molecule has 1 N–H and O–H groups in total. The van der Waals surface area contributed by atoms with E-state index in [9.17, 15) is 8.42 Å².